The first kappa shape index (κ1) is 12.9. The van der Waals surface area contributed by atoms with E-state index in [2.05, 4.69) is 0 Å². The summed E-state index contributed by atoms with van der Waals surface area (Å²) in [5.41, 5.74) is 2.57. The third kappa shape index (κ3) is 3.01. The van der Waals surface area contributed by atoms with Crippen molar-refractivity contribution in [3.63, 3.8) is 0 Å². The highest BCUT2D eigenvalue weighted by Gasteiger charge is 2.31. The molecule has 0 spiro atoms. The molecule has 0 atom stereocenters. The maximum absolute atomic E-state index is 13.1. The number of hydrogen-bond acceptors (Lipinski definition) is 0. The Morgan fingerprint density at radius 3 is 2.53 bits per heavy atom. The molecule has 0 aromatic heterocycles. The molecular formula is C15H20ClF. The Morgan fingerprint density at radius 2 is 1.94 bits per heavy atom. The fourth-order valence-corrected chi connectivity index (χ4v) is 3.28. The first-order valence-electron chi connectivity index (χ1n) is 6.46. The Labute approximate surface area is 108 Å². The van der Waals surface area contributed by atoms with E-state index in [9.17, 15) is 4.39 Å². The van der Waals surface area contributed by atoms with Gasteiger partial charge in [0, 0.05) is 5.88 Å². The van der Waals surface area contributed by atoms with E-state index in [0.717, 1.165) is 17.9 Å². The van der Waals surface area contributed by atoms with Gasteiger partial charge in [-0.1, -0.05) is 25.3 Å². The van der Waals surface area contributed by atoms with Crippen molar-refractivity contribution in [2.45, 2.75) is 45.4 Å². The number of alkyl halides is 1. The molecule has 1 saturated carbocycles. The average Bonchev–Trinajstić information content (AvgIpc) is 2.34. The van der Waals surface area contributed by atoms with Crippen LogP contribution in [0.15, 0.2) is 18.2 Å². The van der Waals surface area contributed by atoms with Crippen LogP contribution in [-0.2, 0) is 6.42 Å². The van der Waals surface area contributed by atoms with Gasteiger partial charge in [0.1, 0.15) is 5.82 Å². The fourth-order valence-electron chi connectivity index (χ4n) is 2.92. The van der Waals surface area contributed by atoms with Crippen LogP contribution in [0.4, 0.5) is 4.39 Å². The van der Waals surface area contributed by atoms with E-state index in [1.54, 1.807) is 12.1 Å². The number of benzene rings is 1. The van der Waals surface area contributed by atoms with Crippen molar-refractivity contribution in [2.75, 3.05) is 5.88 Å². The molecule has 0 heterocycles. The van der Waals surface area contributed by atoms with Gasteiger partial charge in [-0.2, -0.15) is 0 Å². The largest absolute Gasteiger partial charge is 0.207 e. The standard InChI is InChI=1S/C15H20ClF/c1-12-9-14(17)6-5-13(12)10-15(11-16)7-3-2-4-8-15/h5-6,9H,2-4,7-8,10-11H2,1H3. The van der Waals surface area contributed by atoms with Crippen LogP contribution in [0.1, 0.15) is 43.2 Å². The Morgan fingerprint density at radius 1 is 1.24 bits per heavy atom. The predicted octanol–water partition coefficient (Wildman–Crippen LogP) is 4.87. The fraction of sp³-hybridized carbons (Fsp3) is 0.600. The first-order valence-corrected chi connectivity index (χ1v) is 7.00. The molecule has 0 radical (unpaired) electrons. The maximum atomic E-state index is 13.1. The number of halogens is 2. The zero-order valence-corrected chi connectivity index (χ0v) is 11.2. The molecule has 0 aliphatic heterocycles. The molecule has 0 amide bonds. The number of aryl methyl sites for hydroxylation is 1. The van der Waals surface area contributed by atoms with Gasteiger partial charge in [-0.25, -0.2) is 4.39 Å². The summed E-state index contributed by atoms with van der Waals surface area (Å²) in [4.78, 5) is 0. The normalized spacial score (nSPS) is 19.2. The second kappa shape index (κ2) is 5.39. The maximum Gasteiger partial charge on any atom is 0.123 e. The van der Waals surface area contributed by atoms with Crippen LogP contribution in [-0.4, -0.2) is 5.88 Å². The summed E-state index contributed by atoms with van der Waals surface area (Å²) >= 11 is 6.20. The molecule has 2 rings (SSSR count). The second-order valence-electron chi connectivity index (χ2n) is 5.44. The lowest BCUT2D eigenvalue weighted by Crippen LogP contribution is -2.29. The third-order valence-electron chi connectivity index (χ3n) is 4.07. The van der Waals surface area contributed by atoms with Gasteiger partial charge in [0.2, 0.25) is 0 Å². The molecule has 1 fully saturated rings. The van der Waals surface area contributed by atoms with Crippen LogP contribution in [0.25, 0.3) is 0 Å². The molecule has 2 heteroatoms. The van der Waals surface area contributed by atoms with Crippen LogP contribution in [0.2, 0.25) is 0 Å². The minimum atomic E-state index is -0.144. The molecule has 0 nitrogen and oxygen atoms in total. The molecule has 0 bridgehead atoms. The van der Waals surface area contributed by atoms with Gasteiger partial charge < -0.3 is 0 Å². The lowest BCUT2D eigenvalue weighted by molar-refractivity contribution is 0.219. The van der Waals surface area contributed by atoms with E-state index in [1.807, 2.05) is 13.0 Å². The summed E-state index contributed by atoms with van der Waals surface area (Å²) in [6.07, 6.45) is 7.34. The molecular weight excluding hydrogens is 235 g/mol. The van der Waals surface area contributed by atoms with Crippen molar-refractivity contribution >= 4 is 11.6 Å². The summed E-state index contributed by atoms with van der Waals surface area (Å²) < 4.78 is 13.1. The third-order valence-corrected chi connectivity index (χ3v) is 4.63. The molecule has 1 aliphatic carbocycles. The first-order chi connectivity index (χ1) is 8.15. The number of rotatable bonds is 3. The van der Waals surface area contributed by atoms with Crippen molar-refractivity contribution in [2.24, 2.45) is 5.41 Å². The van der Waals surface area contributed by atoms with Gasteiger partial charge in [0.05, 0.1) is 0 Å². The zero-order chi connectivity index (χ0) is 12.3. The molecule has 94 valence electrons. The van der Waals surface area contributed by atoms with Crippen molar-refractivity contribution in [1.29, 1.82) is 0 Å². The van der Waals surface area contributed by atoms with E-state index >= 15 is 0 Å². The highest BCUT2D eigenvalue weighted by atomic mass is 35.5. The van der Waals surface area contributed by atoms with Gasteiger partial charge in [-0.3, -0.25) is 0 Å². The van der Waals surface area contributed by atoms with Gasteiger partial charge >= 0.3 is 0 Å². The Balaban J connectivity index is 2.17. The van der Waals surface area contributed by atoms with Crippen LogP contribution in [0.5, 0.6) is 0 Å². The van der Waals surface area contributed by atoms with Gasteiger partial charge in [-0.05, 0) is 54.9 Å². The highest BCUT2D eigenvalue weighted by Crippen LogP contribution is 2.40. The van der Waals surface area contributed by atoms with E-state index in [0.29, 0.717) is 0 Å². The molecule has 17 heavy (non-hydrogen) atoms. The predicted molar refractivity (Wildman–Crippen MR) is 71.1 cm³/mol. The van der Waals surface area contributed by atoms with Gasteiger partial charge in [0.25, 0.3) is 0 Å². The zero-order valence-electron chi connectivity index (χ0n) is 10.4. The van der Waals surface area contributed by atoms with Crippen LogP contribution < -0.4 is 0 Å². The van der Waals surface area contributed by atoms with E-state index in [4.69, 9.17) is 11.6 Å². The smallest absolute Gasteiger partial charge is 0.123 e. The summed E-state index contributed by atoms with van der Waals surface area (Å²) in [5, 5.41) is 0. The van der Waals surface area contributed by atoms with Crippen LogP contribution >= 0.6 is 11.6 Å². The van der Waals surface area contributed by atoms with Crippen molar-refractivity contribution in [3.8, 4) is 0 Å². The lowest BCUT2D eigenvalue weighted by Gasteiger charge is -2.36. The second-order valence-corrected chi connectivity index (χ2v) is 5.71. The molecule has 1 aromatic carbocycles. The molecule has 0 N–H and O–H groups in total. The summed E-state index contributed by atoms with van der Waals surface area (Å²) in [5.74, 6) is 0.582. The van der Waals surface area contributed by atoms with Crippen LogP contribution in [0, 0.1) is 18.2 Å². The van der Waals surface area contributed by atoms with E-state index in [-0.39, 0.29) is 11.2 Å². The highest BCUT2D eigenvalue weighted by molar-refractivity contribution is 6.18. The van der Waals surface area contributed by atoms with Crippen molar-refractivity contribution < 1.29 is 4.39 Å². The van der Waals surface area contributed by atoms with Crippen molar-refractivity contribution in [3.05, 3.63) is 35.1 Å². The van der Waals surface area contributed by atoms with Gasteiger partial charge in [-0.15, -0.1) is 11.6 Å². The summed E-state index contributed by atoms with van der Waals surface area (Å²) in [6, 6.07) is 5.11. The van der Waals surface area contributed by atoms with E-state index in [1.165, 1.54) is 37.7 Å². The quantitative estimate of drug-likeness (QED) is 0.676. The van der Waals surface area contributed by atoms with E-state index < -0.39 is 0 Å². The summed E-state index contributed by atoms with van der Waals surface area (Å²) in [7, 11) is 0. The molecule has 0 saturated heterocycles. The monoisotopic (exact) mass is 254 g/mol. The van der Waals surface area contributed by atoms with Crippen LogP contribution in [0.3, 0.4) is 0 Å². The minimum absolute atomic E-state index is 0.144. The average molecular weight is 255 g/mol. The topological polar surface area (TPSA) is 0 Å². The molecule has 1 aliphatic rings. The Kier molecular flexibility index (Phi) is 4.09. The van der Waals surface area contributed by atoms with Crippen molar-refractivity contribution in [1.82, 2.24) is 0 Å². The molecule has 0 unspecified atom stereocenters. The Hall–Kier alpha value is -0.560. The Bertz CT molecular complexity index is 381. The SMILES string of the molecule is Cc1cc(F)ccc1CC1(CCl)CCCCC1. The molecule has 1 aromatic rings. The number of hydrogen-bond donors (Lipinski definition) is 0. The lowest BCUT2D eigenvalue weighted by atomic mass is 9.71. The summed E-state index contributed by atoms with van der Waals surface area (Å²) in [6.45, 7) is 1.99. The minimum Gasteiger partial charge on any atom is -0.207 e. The van der Waals surface area contributed by atoms with Gasteiger partial charge in [0.15, 0.2) is 0 Å².